The normalized spacial score (nSPS) is 18.7. The molecule has 0 aliphatic carbocycles. The minimum absolute atomic E-state index is 0.0388. The van der Waals surface area contributed by atoms with Gasteiger partial charge in [0, 0.05) is 39.3 Å². The van der Waals surface area contributed by atoms with E-state index >= 15 is 0 Å². The molecule has 2 aliphatic heterocycles. The first kappa shape index (κ1) is 26.0. The van der Waals surface area contributed by atoms with Crippen LogP contribution in [0.3, 0.4) is 0 Å². The van der Waals surface area contributed by atoms with Gasteiger partial charge >= 0.3 is 0 Å². The van der Waals surface area contributed by atoms with Gasteiger partial charge in [-0.2, -0.15) is 8.61 Å². The van der Waals surface area contributed by atoms with Crippen molar-refractivity contribution in [2.24, 2.45) is 0 Å². The van der Waals surface area contributed by atoms with Gasteiger partial charge in [0.25, 0.3) is 0 Å². The third-order valence-corrected chi connectivity index (χ3v) is 10.8. The van der Waals surface area contributed by atoms with E-state index in [1.165, 1.54) is 44.0 Å². The summed E-state index contributed by atoms with van der Waals surface area (Å²) < 4.78 is 60.7. The van der Waals surface area contributed by atoms with Gasteiger partial charge in [-0.15, -0.1) is 0 Å². The van der Waals surface area contributed by atoms with Crippen LogP contribution in [0.5, 0.6) is 0 Å². The molecule has 0 aromatic heterocycles. The molecule has 0 spiro atoms. The van der Waals surface area contributed by atoms with E-state index in [1.54, 1.807) is 0 Å². The molecule has 2 fully saturated rings. The molecule has 10 heteroatoms. The van der Waals surface area contributed by atoms with Crippen molar-refractivity contribution in [2.75, 3.05) is 52.5 Å². The summed E-state index contributed by atoms with van der Waals surface area (Å²) in [6, 6.07) is 26.1. The van der Waals surface area contributed by atoms with E-state index in [9.17, 15) is 16.8 Å². The van der Waals surface area contributed by atoms with Crippen molar-refractivity contribution in [3.05, 3.63) is 96.1 Å². The Morgan fingerprint density at radius 2 is 0.946 bits per heavy atom. The lowest BCUT2D eigenvalue weighted by Crippen LogP contribution is -2.49. The average Bonchev–Trinajstić information content (AvgIpc) is 2.95. The number of nitrogens with zero attached hydrogens (tertiary/aromatic N) is 3. The maximum atomic E-state index is 13.4. The van der Waals surface area contributed by atoms with Gasteiger partial charge in [-0.25, -0.2) is 16.8 Å². The van der Waals surface area contributed by atoms with E-state index in [1.807, 2.05) is 36.4 Å². The molecule has 37 heavy (non-hydrogen) atoms. The minimum Gasteiger partial charge on any atom is -0.379 e. The number of sulfonamides is 2. The highest BCUT2D eigenvalue weighted by atomic mass is 32.2. The molecule has 0 bridgehead atoms. The second-order valence-electron chi connectivity index (χ2n) is 9.15. The van der Waals surface area contributed by atoms with Gasteiger partial charge in [0.15, 0.2) is 0 Å². The van der Waals surface area contributed by atoms with E-state index in [4.69, 9.17) is 4.74 Å². The maximum Gasteiger partial charge on any atom is 0.243 e. The van der Waals surface area contributed by atoms with Gasteiger partial charge in [-0.3, -0.25) is 4.90 Å². The zero-order valence-corrected chi connectivity index (χ0v) is 22.1. The van der Waals surface area contributed by atoms with Gasteiger partial charge in [-0.1, -0.05) is 60.7 Å². The van der Waals surface area contributed by atoms with Gasteiger partial charge in [0.1, 0.15) is 0 Å². The number of benzene rings is 3. The summed E-state index contributed by atoms with van der Waals surface area (Å²) in [6.45, 7) is 3.16. The fourth-order valence-corrected chi connectivity index (χ4v) is 7.79. The van der Waals surface area contributed by atoms with Crippen molar-refractivity contribution >= 4 is 20.0 Å². The predicted octanol–water partition coefficient (Wildman–Crippen LogP) is 2.80. The topological polar surface area (TPSA) is 87.2 Å². The monoisotopic (exact) mass is 541 g/mol. The number of piperazine rings is 1. The van der Waals surface area contributed by atoms with E-state index in [-0.39, 0.29) is 15.8 Å². The van der Waals surface area contributed by atoms with Crippen LogP contribution in [0.25, 0.3) is 0 Å². The molecule has 2 heterocycles. The molecule has 3 aromatic carbocycles. The Balaban J connectivity index is 1.30. The Labute approximate surface area is 219 Å². The summed E-state index contributed by atoms with van der Waals surface area (Å²) >= 11 is 0. The van der Waals surface area contributed by atoms with Crippen molar-refractivity contribution in [1.29, 1.82) is 0 Å². The van der Waals surface area contributed by atoms with Crippen molar-refractivity contribution in [3.63, 3.8) is 0 Å². The van der Waals surface area contributed by atoms with Crippen LogP contribution >= 0.6 is 0 Å². The van der Waals surface area contributed by atoms with E-state index < -0.39 is 20.0 Å². The SMILES string of the molecule is O=S(=O)(c1ccc(S(=O)(=O)N2CCN(C(c3ccccc3)c3ccccc3)CC2)cc1)N1CCOCC1. The average molecular weight is 542 g/mol. The predicted molar refractivity (Wildman–Crippen MR) is 141 cm³/mol. The molecule has 196 valence electrons. The Morgan fingerprint density at radius 1 is 0.541 bits per heavy atom. The summed E-state index contributed by atoms with van der Waals surface area (Å²) in [5.41, 5.74) is 2.34. The second kappa shape index (κ2) is 11.0. The lowest BCUT2D eigenvalue weighted by molar-refractivity contribution is 0.0730. The van der Waals surface area contributed by atoms with Crippen LogP contribution < -0.4 is 0 Å². The van der Waals surface area contributed by atoms with Gasteiger partial charge < -0.3 is 4.74 Å². The first-order chi connectivity index (χ1) is 17.9. The standard InChI is InChI=1S/C27H31N3O5S2/c31-36(32,25-11-13-26(14-12-25)37(33,34)30-19-21-35-22-20-30)29-17-15-28(16-18-29)27(23-7-3-1-4-8-23)24-9-5-2-6-10-24/h1-14,27H,15-22H2. The Bertz CT molecular complexity index is 1350. The third kappa shape index (κ3) is 5.50. The molecule has 0 radical (unpaired) electrons. The Kier molecular flexibility index (Phi) is 7.75. The van der Waals surface area contributed by atoms with Crippen molar-refractivity contribution in [1.82, 2.24) is 13.5 Å². The summed E-state index contributed by atoms with van der Waals surface area (Å²) in [7, 11) is -7.43. The molecular weight excluding hydrogens is 510 g/mol. The highest BCUT2D eigenvalue weighted by Crippen LogP contribution is 2.30. The number of ether oxygens (including phenoxy) is 1. The molecular formula is C27H31N3O5S2. The highest BCUT2D eigenvalue weighted by Gasteiger charge is 2.33. The van der Waals surface area contributed by atoms with Gasteiger partial charge in [0.05, 0.1) is 29.0 Å². The number of rotatable bonds is 7. The van der Waals surface area contributed by atoms with Crippen LogP contribution in [0.4, 0.5) is 0 Å². The fourth-order valence-electron chi connectivity index (χ4n) is 4.96. The second-order valence-corrected chi connectivity index (χ2v) is 13.0. The van der Waals surface area contributed by atoms with Crippen LogP contribution in [-0.4, -0.2) is 82.8 Å². The summed E-state index contributed by atoms with van der Waals surface area (Å²) in [5, 5.41) is 0. The van der Waals surface area contributed by atoms with Crippen molar-refractivity contribution in [3.8, 4) is 0 Å². The van der Waals surface area contributed by atoms with Gasteiger partial charge in [-0.05, 0) is 35.4 Å². The first-order valence-electron chi connectivity index (χ1n) is 12.4. The number of hydrogen-bond acceptors (Lipinski definition) is 6. The smallest absolute Gasteiger partial charge is 0.243 e. The quantitative estimate of drug-likeness (QED) is 0.457. The van der Waals surface area contributed by atoms with E-state index in [2.05, 4.69) is 29.2 Å². The van der Waals surface area contributed by atoms with E-state index in [0.717, 1.165) is 0 Å². The molecule has 3 aromatic rings. The first-order valence-corrected chi connectivity index (χ1v) is 15.3. The zero-order chi connectivity index (χ0) is 25.9. The molecule has 0 N–H and O–H groups in total. The summed E-state index contributed by atoms with van der Waals surface area (Å²) in [5.74, 6) is 0. The van der Waals surface area contributed by atoms with Crippen LogP contribution in [0.1, 0.15) is 17.2 Å². The zero-order valence-electron chi connectivity index (χ0n) is 20.5. The Morgan fingerprint density at radius 3 is 1.38 bits per heavy atom. The summed E-state index contributed by atoms with van der Waals surface area (Å²) in [6.07, 6.45) is 0. The van der Waals surface area contributed by atoms with Crippen LogP contribution in [0.2, 0.25) is 0 Å². The molecule has 0 unspecified atom stereocenters. The number of morpholine rings is 1. The lowest BCUT2D eigenvalue weighted by atomic mass is 9.96. The third-order valence-electron chi connectivity index (χ3n) is 6.94. The van der Waals surface area contributed by atoms with Crippen LogP contribution in [-0.2, 0) is 24.8 Å². The van der Waals surface area contributed by atoms with E-state index in [0.29, 0.717) is 52.5 Å². The molecule has 2 saturated heterocycles. The van der Waals surface area contributed by atoms with Crippen LogP contribution in [0, 0.1) is 0 Å². The molecule has 0 saturated carbocycles. The van der Waals surface area contributed by atoms with Crippen molar-refractivity contribution < 1.29 is 21.6 Å². The van der Waals surface area contributed by atoms with Gasteiger partial charge in [0.2, 0.25) is 20.0 Å². The minimum atomic E-state index is -3.75. The number of hydrogen-bond donors (Lipinski definition) is 0. The largest absolute Gasteiger partial charge is 0.379 e. The molecule has 2 aliphatic rings. The lowest BCUT2D eigenvalue weighted by Gasteiger charge is -2.39. The molecule has 0 amide bonds. The fraction of sp³-hybridized carbons (Fsp3) is 0.333. The molecule has 0 atom stereocenters. The van der Waals surface area contributed by atoms with Crippen molar-refractivity contribution in [2.45, 2.75) is 15.8 Å². The highest BCUT2D eigenvalue weighted by molar-refractivity contribution is 7.89. The Hall–Kier alpha value is -2.60. The maximum absolute atomic E-state index is 13.4. The molecule has 8 nitrogen and oxygen atoms in total. The summed E-state index contributed by atoms with van der Waals surface area (Å²) in [4.78, 5) is 2.51. The molecule has 5 rings (SSSR count). The van der Waals surface area contributed by atoms with Crippen LogP contribution in [0.15, 0.2) is 94.7 Å².